The molecule has 0 bridgehead atoms. The maximum atomic E-state index is 10.0. The molecule has 2 fully saturated rings. The van der Waals surface area contributed by atoms with Gasteiger partial charge in [0.2, 0.25) is 5.79 Å². The van der Waals surface area contributed by atoms with E-state index in [1.807, 2.05) is 0 Å². The summed E-state index contributed by atoms with van der Waals surface area (Å²) < 4.78 is 15.6. The van der Waals surface area contributed by atoms with Crippen molar-refractivity contribution in [1.82, 2.24) is 0 Å². The summed E-state index contributed by atoms with van der Waals surface area (Å²) in [6.45, 7) is -2.16. The van der Waals surface area contributed by atoms with E-state index in [4.69, 9.17) is 30.9 Å². The van der Waals surface area contributed by atoms with Gasteiger partial charge in [-0.1, -0.05) is 0 Å². The number of rotatable bonds is 5. The smallest absolute Gasteiger partial charge is 0.224 e. The predicted octanol–water partition coefficient (Wildman–Crippen LogP) is -4.15. The van der Waals surface area contributed by atoms with Gasteiger partial charge < -0.3 is 50.0 Å². The van der Waals surface area contributed by atoms with Crippen LogP contribution in [0.25, 0.3) is 0 Å². The van der Waals surface area contributed by atoms with Gasteiger partial charge in [-0.2, -0.15) is 0 Å². The van der Waals surface area contributed by atoms with Gasteiger partial charge in [-0.25, -0.2) is 0 Å². The fourth-order valence-corrected chi connectivity index (χ4v) is 2.89. The van der Waals surface area contributed by atoms with Gasteiger partial charge in [0.05, 0.1) is 18.6 Å². The highest BCUT2D eigenvalue weighted by atomic mass is 35.5. The SMILES string of the molecule is OC[C@H]1O[C@](CO)(O[C@H]2O[C@H](CO)[C@H](Cl)[C@H](O)[C@H]2O)[C@@H](O)[C@@H]1O. The quantitative estimate of drug-likeness (QED) is 0.239. The van der Waals surface area contributed by atoms with Crippen molar-refractivity contribution < 1.29 is 50.0 Å². The number of halogens is 1. The van der Waals surface area contributed by atoms with Crippen LogP contribution in [-0.4, -0.2) is 110 Å². The zero-order valence-corrected chi connectivity index (χ0v) is 12.7. The number of hydrogen-bond donors (Lipinski definition) is 7. The minimum atomic E-state index is -2.18. The maximum Gasteiger partial charge on any atom is 0.224 e. The Hall–Kier alpha value is -0.110. The molecule has 0 amide bonds. The standard InChI is InChI=1S/C12H21ClO10/c13-6-4(1-14)21-11(9(19)8(6)18)23-12(3-16)10(20)7(17)5(2-15)22-12/h4-11,14-20H,1-3H2/t4-,5-,6+,7-,8+,9-,10+,11-,12-/m1/s1. The zero-order valence-electron chi connectivity index (χ0n) is 12.0. The highest BCUT2D eigenvalue weighted by Gasteiger charge is 2.58. The molecular formula is C12H21ClO10. The first-order valence-corrected chi connectivity index (χ1v) is 7.45. The van der Waals surface area contributed by atoms with Gasteiger partial charge in [-0.05, 0) is 0 Å². The molecule has 0 aromatic heterocycles. The second-order valence-electron chi connectivity index (χ2n) is 5.51. The van der Waals surface area contributed by atoms with E-state index in [0.717, 1.165) is 0 Å². The Balaban J connectivity index is 2.18. The lowest BCUT2D eigenvalue weighted by Gasteiger charge is -2.43. The number of ether oxygens (including phenoxy) is 3. The van der Waals surface area contributed by atoms with Gasteiger partial charge in [0.1, 0.15) is 43.2 Å². The molecule has 0 spiro atoms. The molecule has 2 aliphatic heterocycles. The largest absolute Gasteiger partial charge is 0.394 e. The van der Waals surface area contributed by atoms with Crippen LogP contribution in [0.1, 0.15) is 0 Å². The molecular weight excluding hydrogens is 340 g/mol. The molecule has 9 atom stereocenters. The summed E-state index contributed by atoms with van der Waals surface area (Å²) in [5.74, 6) is -2.18. The van der Waals surface area contributed by atoms with Crippen LogP contribution in [0, 0.1) is 0 Å². The van der Waals surface area contributed by atoms with Crippen molar-refractivity contribution in [3.8, 4) is 0 Å². The van der Waals surface area contributed by atoms with E-state index in [-0.39, 0.29) is 0 Å². The molecule has 11 heteroatoms. The van der Waals surface area contributed by atoms with E-state index in [9.17, 15) is 30.6 Å². The first-order valence-electron chi connectivity index (χ1n) is 7.01. The van der Waals surface area contributed by atoms with E-state index >= 15 is 0 Å². The molecule has 2 saturated heterocycles. The Morgan fingerprint density at radius 3 is 2.00 bits per heavy atom. The summed E-state index contributed by atoms with van der Waals surface area (Å²) in [7, 11) is 0. The lowest BCUT2D eigenvalue weighted by atomic mass is 10.0. The molecule has 2 rings (SSSR count). The van der Waals surface area contributed by atoms with Gasteiger partial charge in [0.25, 0.3) is 0 Å². The summed E-state index contributed by atoms with van der Waals surface area (Å²) in [5, 5.41) is 66.3. The molecule has 10 nitrogen and oxygen atoms in total. The third-order valence-corrected chi connectivity index (χ3v) is 4.56. The molecule has 0 saturated carbocycles. The van der Waals surface area contributed by atoms with Crippen molar-refractivity contribution in [3.63, 3.8) is 0 Å². The van der Waals surface area contributed by atoms with Crippen LogP contribution in [0.5, 0.6) is 0 Å². The molecule has 7 N–H and O–H groups in total. The third kappa shape index (κ3) is 3.34. The first kappa shape index (κ1) is 19.2. The topological polar surface area (TPSA) is 169 Å². The number of aliphatic hydroxyl groups is 7. The maximum absolute atomic E-state index is 10.0. The molecule has 2 heterocycles. The fraction of sp³-hybridized carbons (Fsp3) is 1.00. The van der Waals surface area contributed by atoms with Crippen molar-refractivity contribution in [1.29, 1.82) is 0 Å². The molecule has 136 valence electrons. The van der Waals surface area contributed by atoms with Crippen molar-refractivity contribution >= 4 is 11.6 Å². The van der Waals surface area contributed by atoms with E-state index in [1.165, 1.54) is 0 Å². The van der Waals surface area contributed by atoms with E-state index < -0.39 is 73.9 Å². The lowest BCUT2D eigenvalue weighted by molar-refractivity contribution is -0.372. The number of alkyl halides is 1. The summed E-state index contributed by atoms with van der Waals surface area (Å²) in [6.07, 6.45) is -10.4. The van der Waals surface area contributed by atoms with E-state index in [1.54, 1.807) is 0 Å². The van der Waals surface area contributed by atoms with Crippen LogP contribution >= 0.6 is 11.6 Å². The number of hydrogen-bond acceptors (Lipinski definition) is 10. The highest BCUT2D eigenvalue weighted by Crippen LogP contribution is 2.36. The molecule has 0 radical (unpaired) electrons. The molecule has 0 aromatic rings. The van der Waals surface area contributed by atoms with Crippen molar-refractivity contribution in [2.75, 3.05) is 19.8 Å². The summed E-state index contributed by atoms with van der Waals surface area (Å²) in [4.78, 5) is 0. The Morgan fingerprint density at radius 1 is 0.913 bits per heavy atom. The monoisotopic (exact) mass is 360 g/mol. The van der Waals surface area contributed by atoms with Crippen LogP contribution < -0.4 is 0 Å². The zero-order chi connectivity index (χ0) is 17.4. The van der Waals surface area contributed by atoms with Crippen LogP contribution in [0.4, 0.5) is 0 Å². The summed E-state index contributed by atoms with van der Waals surface area (Å²) in [6, 6.07) is 0. The van der Waals surface area contributed by atoms with Crippen LogP contribution in [0.3, 0.4) is 0 Å². The van der Waals surface area contributed by atoms with Crippen molar-refractivity contribution in [3.05, 3.63) is 0 Å². The highest BCUT2D eigenvalue weighted by molar-refractivity contribution is 6.21. The molecule has 0 aliphatic carbocycles. The lowest BCUT2D eigenvalue weighted by Crippen LogP contribution is -2.61. The summed E-state index contributed by atoms with van der Waals surface area (Å²) >= 11 is 5.82. The number of aliphatic hydroxyl groups excluding tert-OH is 7. The van der Waals surface area contributed by atoms with Gasteiger partial charge in [0.15, 0.2) is 6.29 Å². The molecule has 0 aromatic carbocycles. The summed E-state index contributed by atoms with van der Waals surface area (Å²) in [5.41, 5.74) is 0. The van der Waals surface area contributed by atoms with E-state index in [0.29, 0.717) is 0 Å². The Bertz CT molecular complexity index is 398. The first-order chi connectivity index (χ1) is 10.8. The minimum absolute atomic E-state index is 0.574. The average Bonchev–Trinajstić information content (AvgIpc) is 2.80. The normalized spacial score (nSPS) is 51.1. The molecule has 23 heavy (non-hydrogen) atoms. The second kappa shape index (κ2) is 7.42. The van der Waals surface area contributed by atoms with Gasteiger partial charge in [-0.15, -0.1) is 11.6 Å². The average molecular weight is 361 g/mol. The van der Waals surface area contributed by atoms with Crippen molar-refractivity contribution in [2.45, 2.75) is 54.1 Å². The van der Waals surface area contributed by atoms with Gasteiger partial charge in [0, 0.05) is 0 Å². The van der Waals surface area contributed by atoms with Crippen molar-refractivity contribution in [2.24, 2.45) is 0 Å². The Labute approximate surface area is 136 Å². The van der Waals surface area contributed by atoms with Crippen LogP contribution in [0.2, 0.25) is 0 Å². The van der Waals surface area contributed by atoms with Gasteiger partial charge >= 0.3 is 0 Å². The third-order valence-electron chi connectivity index (χ3n) is 4.02. The van der Waals surface area contributed by atoms with Gasteiger partial charge in [-0.3, -0.25) is 0 Å². The predicted molar refractivity (Wildman–Crippen MR) is 72.3 cm³/mol. The Morgan fingerprint density at radius 2 is 1.52 bits per heavy atom. The van der Waals surface area contributed by atoms with E-state index in [2.05, 4.69) is 0 Å². The Kier molecular flexibility index (Phi) is 6.20. The van der Waals surface area contributed by atoms with Crippen LogP contribution in [-0.2, 0) is 14.2 Å². The molecule has 0 unspecified atom stereocenters. The van der Waals surface area contributed by atoms with Crippen LogP contribution in [0.15, 0.2) is 0 Å². The minimum Gasteiger partial charge on any atom is -0.394 e. The molecule has 2 aliphatic rings. The second-order valence-corrected chi connectivity index (χ2v) is 6.02. The fourth-order valence-electron chi connectivity index (χ4n) is 2.60.